The van der Waals surface area contributed by atoms with Crippen LogP contribution < -0.4 is 5.32 Å². The molecule has 29 heavy (non-hydrogen) atoms. The fourth-order valence-corrected chi connectivity index (χ4v) is 5.14. The summed E-state index contributed by atoms with van der Waals surface area (Å²) in [5.41, 5.74) is 3.08. The van der Waals surface area contributed by atoms with E-state index < -0.39 is 9.84 Å². The quantitative estimate of drug-likeness (QED) is 0.752. The maximum absolute atomic E-state index is 12.6. The number of sulfone groups is 1. The van der Waals surface area contributed by atoms with Gasteiger partial charge in [-0.2, -0.15) is 0 Å². The van der Waals surface area contributed by atoms with Gasteiger partial charge in [0, 0.05) is 12.6 Å². The van der Waals surface area contributed by atoms with Crippen molar-refractivity contribution in [1.82, 2.24) is 10.2 Å². The molecule has 2 aromatic rings. The minimum absolute atomic E-state index is 0.0213. The van der Waals surface area contributed by atoms with Gasteiger partial charge in [-0.25, -0.2) is 8.42 Å². The topological polar surface area (TPSA) is 83.6 Å². The van der Waals surface area contributed by atoms with Gasteiger partial charge in [-0.1, -0.05) is 54.6 Å². The molecule has 0 saturated carbocycles. The zero-order chi connectivity index (χ0) is 20.9. The van der Waals surface area contributed by atoms with Crippen molar-refractivity contribution in [2.45, 2.75) is 25.8 Å². The molecule has 7 heteroatoms. The van der Waals surface area contributed by atoms with Crippen LogP contribution in [0, 0.1) is 0 Å². The first kappa shape index (κ1) is 21.0. The first-order valence-corrected chi connectivity index (χ1v) is 11.6. The highest BCUT2D eigenvalue weighted by Gasteiger charge is 2.29. The van der Waals surface area contributed by atoms with Crippen molar-refractivity contribution < 1.29 is 18.0 Å². The molecular formula is C22H26N2O4S. The van der Waals surface area contributed by atoms with Gasteiger partial charge in [0.2, 0.25) is 11.8 Å². The van der Waals surface area contributed by atoms with Crippen LogP contribution in [0.25, 0.3) is 11.1 Å². The van der Waals surface area contributed by atoms with E-state index in [-0.39, 0.29) is 42.3 Å². The van der Waals surface area contributed by atoms with E-state index in [2.05, 4.69) is 5.32 Å². The van der Waals surface area contributed by atoms with Crippen molar-refractivity contribution in [2.24, 2.45) is 0 Å². The summed E-state index contributed by atoms with van der Waals surface area (Å²) in [5.74, 6) is -0.365. The largest absolute Gasteiger partial charge is 0.351 e. The second-order valence-electron chi connectivity index (χ2n) is 7.32. The van der Waals surface area contributed by atoms with Gasteiger partial charge < -0.3 is 10.2 Å². The summed E-state index contributed by atoms with van der Waals surface area (Å²) >= 11 is 0. The molecule has 6 nitrogen and oxygen atoms in total. The molecule has 1 N–H and O–H groups in total. The highest BCUT2D eigenvalue weighted by atomic mass is 32.2. The van der Waals surface area contributed by atoms with Crippen molar-refractivity contribution in [3.05, 3.63) is 60.2 Å². The van der Waals surface area contributed by atoms with E-state index in [4.69, 9.17) is 0 Å². The Kier molecular flexibility index (Phi) is 6.69. The number of likely N-dealkylation sites (N-methyl/N-ethyl adjacent to an activating group) is 1. The molecule has 0 spiro atoms. The molecule has 0 aliphatic carbocycles. The van der Waals surface area contributed by atoms with E-state index in [1.807, 2.05) is 61.5 Å². The third-order valence-electron chi connectivity index (χ3n) is 5.08. The first-order chi connectivity index (χ1) is 13.9. The van der Waals surface area contributed by atoms with Crippen molar-refractivity contribution in [2.75, 3.05) is 24.6 Å². The lowest BCUT2D eigenvalue weighted by Crippen LogP contribution is -2.45. The molecule has 0 bridgehead atoms. The van der Waals surface area contributed by atoms with Crippen LogP contribution in [0.3, 0.4) is 0 Å². The molecule has 3 rings (SSSR count). The van der Waals surface area contributed by atoms with Crippen LogP contribution in [-0.4, -0.2) is 55.8 Å². The SMILES string of the molecule is CCN(CC(=O)NC1CCS(=O)(=O)C1)C(=O)Cc1ccc(-c2ccccc2)cc1. The summed E-state index contributed by atoms with van der Waals surface area (Å²) in [6.45, 7) is 2.18. The minimum Gasteiger partial charge on any atom is -0.351 e. The fraction of sp³-hybridized carbons (Fsp3) is 0.364. The van der Waals surface area contributed by atoms with E-state index in [1.54, 1.807) is 0 Å². The molecule has 1 saturated heterocycles. The fourth-order valence-electron chi connectivity index (χ4n) is 3.46. The van der Waals surface area contributed by atoms with Gasteiger partial charge in [-0.05, 0) is 30.0 Å². The van der Waals surface area contributed by atoms with Gasteiger partial charge in [0.05, 0.1) is 24.5 Å². The second-order valence-corrected chi connectivity index (χ2v) is 9.54. The standard InChI is InChI=1S/C22H26N2O4S/c1-2-24(15-21(25)23-20-12-13-29(27,28)16-20)22(26)14-17-8-10-19(11-9-17)18-6-4-3-5-7-18/h3-11,20H,2,12-16H2,1H3,(H,23,25). The van der Waals surface area contributed by atoms with E-state index in [9.17, 15) is 18.0 Å². The van der Waals surface area contributed by atoms with Crippen LogP contribution in [-0.2, 0) is 25.8 Å². The predicted octanol–water partition coefficient (Wildman–Crippen LogP) is 2.05. The van der Waals surface area contributed by atoms with Crippen LogP contribution >= 0.6 is 0 Å². The van der Waals surface area contributed by atoms with Gasteiger partial charge in [0.1, 0.15) is 0 Å². The molecule has 1 aliphatic heterocycles. The van der Waals surface area contributed by atoms with Crippen molar-refractivity contribution >= 4 is 21.7 Å². The number of carbonyl (C=O) groups excluding carboxylic acids is 2. The molecular weight excluding hydrogens is 388 g/mol. The maximum Gasteiger partial charge on any atom is 0.239 e. The Morgan fingerprint density at radius 2 is 1.69 bits per heavy atom. The number of benzene rings is 2. The average Bonchev–Trinajstić information content (AvgIpc) is 3.05. The van der Waals surface area contributed by atoms with Crippen LogP contribution in [0.15, 0.2) is 54.6 Å². The third-order valence-corrected chi connectivity index (χ3v) is 6.85. The molecule has 2 aromatic carbocycles. The van der Waals surface area contributed by atoms with Crippen LogP contribution in [0.1, 0.15) is 18.9 Å². The molecule has 2 amide bonds. The highest BCUT2D eigenvalue weighted by molar-refractivity contribution is 7.91. The number of amides is 2. The summed E-state index contributed by atoms with van der Waals surface area (Å²) in [7, 11) is -3.05. The Labute approximate surface area is 171 Å². The number of nitrogens with zero attached hydrogens (tertiary/aromatic N) is 1. The van der Waals surface area contributed by atoms with Crippen molar-refractivity contribution in [3.8, 4) is 11.1 Å². The van der Waals surface area contributed by atoms with Crippen LogP contribution in [0.5, 0.6) is 0 Å². The highest BCUT2D eigenvalue weighted by Crippen LogP contribution is 2.19. The lowest BCUT2D eigenvalue weighted by molar-refractivity contribution is -0.135. The summed E-state index contributed by atoms with van der Waals surface area (Å²) in [6, 6.07) is 17.5. The van der Waals surface area contributed by atoms with Gasteiger partial charge in [0.15, 0.2) is 9.84 Å². The molecule has 1 heterocycles. The monoisotopic (exact) mass is 414 g/mol. The molecule has 1 unspecified atom stereocenters. The number of carbonyl (C=O) groups is 2. The Morgan fingerprint density at radius 1 is 1.03 bits per heavy atom. The summed E-state index contributed by atoms with van der Waals surface area (Å²) in [6.07, 6.45) is 0.649. The van der Waals surface area contributed by atoms with Crippen molar-refractivity contribution in [1.29, 1.82) is 0 Å². The molecule has 0 radical (unpaired) electrons. The minimum atomic E-state index is -3.05. The molecule has 1 aliphatic rings. The van der Waals surface area contributed by atoms with E-state index >= 15 is 0 Å². The van der Waals surface area contributed by atoms with Gasteiger partial charge in [-0.3, -0.25) is 9.59 Å². The number of rotatable bonds is 7. The summed E-state index contributed by atoms with van der Waals surface area (Å²) < 4.78 is 23.0. The zero-order valence-corrected chi connectivity index (χ0v) is 17.3. The number of nitrogens with one attached hydrogen (secondary N) is 1. The van der Waals surface area contributed by atoms with E-state index in [0.717, 1.165) is 16.7 Å². The van der Waals surface area contributed by atoms with E-state index in [1.165, 1.54) is 4.90 Å². The summed E-state index contributed by atoms with van der Waals surface area (Å²) in [4.78, 5) is 26.4. The molecule has 0 aromatic heterocycles. The van der Waals surface area contributed by atoms with Gasteiger partial charge in [0.25, 0.3) is 0 Å². The lowest BCUT2D eigenvalue weighted by atomic mass is 10.0. The lowest BCUT2D eigenvalue weighted by Gasteiger charge is -2.21. The van der Waals surface area contributed by atoms with Gasteiger partial charge >= 0.3 is 0 Å². The predicted molar refractivity (Wildman–Crippen MR) is 113 cm³/mol. The molecule has 1 fully saturated rings. The second kappa shape index (κ2) is 9.22. The average molecular weight is 415 g/mol. The van der Waals surface area contributed by atoms with Crippen molar-refractivity contribution in [3.63, 3.8) is 0 Å². The van der Waals surface area contributed by atoms with Crippen LogP contribution in [0.4, 0.5) is 0 Å². The Balaban J connectivity index is 1.55. The smallest absolute Gasteiger partial charge is 0.239 e. The first-order valence-electron chi connectivity index (χ1n) is 9.78. The normalized spacial score (nSPS) is 17.6. The number of hydrogen-bond donors (Lipinski definition) is 1. The maximum atomic E-state index is 12.6. The molecule has 154 valence electrons. The zero-order valence-electron chi connectivity index (χ0n) is 16.5. The Bertz CT molecular complexity index is 956. The van der Waals surface area contributed by atoms with Gasteiger partial charge in [-0.15, -0.1) is 0 Å². The van der Waals surface area contributed by atoms with E-state index in [0.29, 0.717) is 13.0 Å². The number of hydrogen-bond acceptors (Lipinski definition) is 4. The molecule has 1 atom stereocenters. The summed E-state index contributed by atoms with van der Waals surface area (Å²) in [5, 5.41) is 2.73. The third kappa shape index (κ3) is 5.90. The Morgan fingerprint density at radius 3 is 2.28 bits per heavy atom. The van der Waals surface area contributed by atoms with Crippen LogP contribution in [0.2, 0.25) is 0 Å². The Hall–Kier alpha value is -2.67.